The van der Waals surface area contributed by atoms with Gasteiger partial charge in [-0.1, -0.05) is 12.1 Å². The Morgan fingerprint density at radius 3 is 2.62 bits per heavy atom. The first-order valence-corrected chi connectivity index (χ1v) is 8.57. The normalized spacial score (nSPS) is 16.8. The molecule has 2 rings (SSSR count). The van der Waals surface area contributed by atoms with Crippen molar-refractivity contribution < 1.29 is 9.53 Å². The van der Waals surface area contributed by atoms with Crippen LogP contribution in [0.2, 0.25) is 0 Å². The van der Waals surface area contributed by atoms with Crippen LogP contribution in [0.3, 0.4) is 0 Å². The van der Waals surface area contributed by atoms with Crippen molar-refractivity contribution in [1.82, 2.24) is 9.80 Å². The second kappa shape index (κ2) is 8.41. The minimum Gasteiger partial charge on any atom is -0.375 e. The van der Waals surface area contributed by atoms with Gasteiger partial charge in [-0.25, -0.2) is 0 Å². The lowest BCUT2D eigenvalue weighted by Crippen LogP contribution is -2.37. The molecule has 1 aromatic rings. The Labute approximate surface area is 131 Å². The Hall–Kier alpha value is -1.04. The van der Waals surface area contributed by atoms with Crippen molar-refractivity contribution in [2.75, 3.05) is 46.2 Å². The van der Waals surface area contributed by atoms with Crippen molar-refractivity contribution in [1.29, 1.82) is 0 Å². The predicted molar refractivity (Wildman–Crippen MR) is 86.6 cm³/mol. The molecule has 0 spiro atoms. The highest BCUT2D eigenvalue weighted by Crippen LogP contribution is 2.16. The molecule has 0 aromatic heterocycles. The quantitative estimate of drug-likeness (QED) is 0.780. The van der Waals surface area contributed by atoms with Crippen LogP contribution in [0.25, 0.3) is 0 Å². The van der Waals surface area contributed by atoms with Gasteiger partial charge in [0.15, 0.2) is 0 Å². The number of carbonyl (C=O) groups is 1. The minimum atomic E-state index is 0.101. The molecular weight excluding hydrogens is 284 g/mol. The van der Waals surface area contributed by atoms with E-state index in [4.69, 9.17) is 4.74 Å². The van der Waals surface area contributed by atoms with Crippen LogP contribution in [0.1, 0.15) is 12.0 Å². The van der Waals surface area contributed by atoms with Crippen LogP contribution in [0.4, 0.5) is 0 Å². The maximum atomic E-state index is 11.9. The average molecular weight is 308 g/mol. The summed E-state index contributed by atoms with van der Waals surface area (Å²) in [7, 11) is 1.57. The number of hydrogen-bond acceptors (Lipinski definition) is 4. The Balaban J connectivity index is 1.86. The molecule has 1 saturated heterocycles. The molecule has 0 saturated carbocycles. The summed E-state index contributed by atoms with van der Waals surface area (Å²) in [4.78, 5) is 17.5. The van der Waals surface area contributed by atoms with Crippen molar-refractivity contribution in [3.63, 3.8) is 0 Å². The van der Waals surface area contributed by atoms with E-state index in [0.29, 0.717) is 0 Å². The van der Waals surface area contributed by atoms with Gasteiger partial charge in [0.25, 0.3) is 0 Å². The number of hydrogen-bond donors (Lipinski definition) is 0. The number of thioether (sulfide) groups is 1. The lowest BCUT2D eigenvalue weighted by molar-refractivity contribution is -0.135. The highest BCUT2D eigenvalue weighted by atomic mass is 32.2. The van der Waals surface area contributed by atoms with E-state index in [1.807, 2.05) is 4.90 Å². The number of rotatable bonds is 5. The van der Waals surface area contributed by atoms with E-state index in [0.717, 1.165) is 39.1 Å². The van der Waals surface area contributed by atoms with Crippen LogP contribution < -0.4 is 0 Å². The van der Waals surface area contributed by atoms with Gasteiger partial charge < -0.3 is 9.64 Å². The van der Waals surface area contributed by atoms with Crippen LogP contribution in [0.15, 0.2) is 29.2 Å². The Morgan fingerprint density at radius 1 is 1.19 bits per heavy atom. The molecule has 1 aliphatic rings. The van der Waals surface area contributed by atoms with Crippen molar-refractivity contribution in [2.45, 2.75) is 17.9 Å². The maximum absolute atomic E-state index is 11.9. The molecule has 1 fully saturated rings. The third-order valence-corrected chi connectivity index (χ3v) is 4.52. The van der Waals surface area contributed by atoms with Gasteiger partial charge >= 0.3 is 0 Å². The summed E-state index contributed by atoms with van der Waals surface area (Å²) >= 11 is 1.77. The molecule has 0 bridgehead atoms. The first kappa shape index (κ1) is 16.3. The largest absolute Gasteiger partial charge is 0.375 e. The van der Waals surface area contributed by atoms with Crippen molar-refractivity contribution in [3.8, 4) is 0 Å². The van der Waals surface area contributed by atoms with Crippen LogP contribution in [0, 0.1) is 0 Å². The number of carbonyl (C=O) groups excluding carboxylic acids is 1. The van der Waals surface area contributed by atoms with E-state index >= 15 is 0 Å². The molecule has 0 radical (unpaired) electrons. The summed E-state index contributed by atoms with van der Waals surface area (Å²) in [5.41, 5.74) is 1.34. The molecule has 5 heteroatoms. The second-order valence-corrected chi connectivity index (χ2v) is 6.17. The van der Waals surface area contributed by atoms with Crippen molar-refractivity contribution in [3.05, 3.63) is 29.8 Å². The summed E-state index contributed by atoms with van der Waals surface area (Å²) in [5.74, 6) is 0.101. The SMILES string of the molecule is COCC(=O)N1CCCN(Cc2ccc(SC)cc2)CC1. The van der Waals surface area contributed by atoms with Gasteiger partial charge in [-0.05, 0) is 30.4 Å². The molecule has 0 atom stereocenters. The second-order valence-electron chi connectivity index (χ2n) is 5.29. The first-order valence-electron chi connectivity index (χ1n) is 7.35. The molecule has 1 heterocycles. The molecule has 0 aliphatic carbocycles. The zero-order chi connectivity index (χ0) is 15.1. The summed E-state index contributed by atoms with van der Waals surface area (Å²) < 4.78 is 4.94. The molecule has 0 N–H and O–H groups in total. The molecule has 116 valence electrons. The molecule has 0 unspecified atom stereocenters. The topological polar surface area (TPSA) is 32.8 Å². The highest BCUT2D eigenvalue weighted by molar-refractivity contribution is 7.98. The van der Waals surface area contributed by atoms with Crippen LogP contribution >= 0.6 is 11.8 Å². The van der Waals surface area contributed by atoms with Gasteiger partial charge in [-0.15, -0.1) is 11.8 Å². The molecule has 1 aromatic carbocycles. The summed E-state index contributed by atoms with van der Waals surface area (Å²) in [6, 6.07) is 8.74. The Bertz CT molecular complexity index is 450. The van der Waals surface area contributed by atoms with Gasteiger partial charge in [0.1, 0.15) is 6.61 Å². The van der Waals surface area contributed by atoms with E-state index < -0.39 is 0 Å². The van der Waals surface area contributed by atoms with E-state index in [9.17, 15) is 4.79 Å². The summed E-state index contributed by atoms with van der Waals surface area (Å²) in [5, 5.41) is 0. The van der Waals surface area contributed by atoms with Gasteiger partial charge in [-0.2, -0.15) is 0 Å². The van der Waals surface area contributed by atoms with Crippen molar-refractivity contribution in [2.24, 2.45) is 0 Å². The summed E-state index contributed by atoms with van der Waals surface area (Å²) in [6.07, 6.45) is 3.12. The van der Waals surface area contributed by atoms with E-state index in [2.05, 4.69) is 35.4 Å². The fourth-order valence-electron chi connectivity index (χ4n) is 2.58. The van der Waals surface area contributed by atoms with Crippen LogP contribution in [-0.2, 0) is 16.1 Å². The third kappa shape index (κ3) is 5.02. The molecule has 1 aliphatic heterocycles. The lowest BCUT2D eigenvalue weighted by atomic mass is 10.2. The number of nitrogens with zero attached hydrogens (tertiary/aromatic N) is 2. The number of benzene rings is 1. The standard InChI is InChI=1S/C16H24N2O2S/c1-20-13-16(19)18-9-3-8-17(10-11-18)12-14-4-6-15(21-2)7-5-14/h4-7H,3,8-13H2,1-2H3. The predicted octanol–water partition coefficient (Wildman–Crippen LogP) is 2.09. The average Bonchev–Trinajstić information content (AvgIpc) is 2.74. The fraction of sp³-hybridized carbons (Fsp3) is 0.562. The molecular formula is C16H24N2O2S. The molecule has 4 nitrogen and oxygen atoms in total. The van der Waals surface area contributed by atoms with Gasteiger partial charge in [0, 0.05) is 44.7 Å². The smallest absolute Gasteiger partial charge is 0.248 e. The third-order valence-electron chi connectivity index (χ3n) is 3.77. The number of ether oxygens (including phenoxy) is 1. The Morgan fingerprint density at radius 2 is 1.95 bits per heavy atom. The monoisotopic (exact) mass is 308 g/mol. The number of amides is 1. The highest BCUT2D eigenvalue weighted by Gasteiger charge is 2.18. The zero-order valence-corrected chi connectivity index (χ0v) is 13.7. The number of methoxy groups -OCH3 is 1. The Kier molecular flexibility index (Phi) is 6.54. The molecule has 1 amide bonds. The van der Waals surface area contributed by atoms with Gasteiger partial charge in [-0.3, -0.25) is 9.69 Å². The minimum absolute atomic E-state index is 0.101. The zero-order valence-electron chi connectivity index (χ0n) is 12.9. The van der Waals surface area contributed by atoms with Crippen LogP contribution in [0.5, 0.6) is 0 Å². The van der Waals surface area contributed by atoms with Gasteiger partial charge in [0.2, 0.25) is 5.91 Å². The maximum Gasteiger partial charge on any atom is 0.248 e. The first-order chi connectivity index (χ1) is 10.2. The van der Waals surface area contributed by atoms with E-state index in [1.54, 1.807) is 18.9 Å². The fourth-order valence-corrected chi connectivity index (χ4v) is 2.99. The van der Waals surface area contributed by atoms with Crippen LogP contribution in [-0.4, -0.2) is 61.9 Å². The lowest BCUT2D eigenvalue weighted by Gasteiger charge is -2.22. The van der Waals surface area contributed by atoms with Gasteiger partial charge in [0.05, 0.1) is 0 Å². The van der Waals surface area contributed by atoms with E-state index in [1.165, 1.54) is 10.5 Å². The summed E-state index contributed by atoms with van der Waals surface area (Å²) in [6.45, 7) is 4.76. The molecule has 21 heavy (non-hydrogen) atoms. The van der Waals surface area contributed by atoms with Crippen molar-refractivity contribution >= 4 is 17.7 Å². The van der Waals surface area contributed by atoms with E-state index in [-0.39, 0.29) is 12.5 Å².